The first-order valence-corrected chi connectivity index (χ1v) is 4.65. The van der Waals surface area contributed by atoms with E-state index in [1.54, 1.807) is 19.3 Å². The molecule has 0 amide bonds. The molecule has 2 aromatic rings. The van der Waals surface area contributed by atoms with Gasteiger partial charge in [0.1, 0.15) is 0 Å². The summed E-state index contributed by atoms with van der Waals surface area (Å²) >= 11 is 0. The van der Waals surface area contributed by atoms with Crippen LogP contribution in [-0.2, 0) is 0 Å². The second-order valence-electron chi connectivity index (χ2n) is 3.46. The van der Waals surface area contributed by atoms with E-state index >= 15 is 0 Å². The van der Waals surface area contributed by atoms with Crippen LogP contribution in [0.2, 0.25) is 0 Å². The standard InChI is InChI=1S/C11H11N3O/c1-7-3-9(5-12-4-7)10-8(2)11(15)14-6-13-10/h3-6H,1-2H3,(H,13,14,15). The molecule has 0 fully saturated rings. The van der Waals surface area contributed by atoms with Crippen LogP contribution in [0.5, 0.6) is 0 Å². The van der Waals surface area contributed by atoms with E-state index in [1.807, 2.05) is 13.0 Å². The van der Waals surface area contributed by atoms with Gasteiger partial charge in [-0.15, -0.1) is 0 Å². The lowest BCUT2D eigenvalue weighted by molar-refractivity contribution is 1.08. The molecular weight excluding hydrogens is 190 g/mol. The summed E-state index contributed by atoms with van der Waals surface area (Å²) in [7, 11) is 0. The molecule has 1 N–H and O–H groups in total. The Balaban J connectivity index is 2.64. The Hall–Kier alpha value is -1.97. The van der Waals surface area contributed by atoms with Crippen LogP contribution in [0.1, 0.15) is 11.1 Å². The van der Waals surface area contributed by atoms with Gasteiger partial charge in [0.05, 0.1) is 12.0 Å². The van der Waals surface area contributed by atoms with Crippen molar-refractivity contribution in [2.24, 2.45) is 0 Å². The Morgan fingerprint density at radius 2 is 2.07 bits per heavy atom. The van der Waals surface area contributed by atoms with Crippen molar-refractivity contribution in [1.29, 1.82) is 0 Å². The van der Waals surface area contributed by atoms with E-state index < -0.39 is 0 Å². The second kappa shape index (κ2) is 3.65. The first-order valence-electron chi connectivity index (χ1n) is 4.65. The number of nitrogens with zero attached hydrogens (tertiary/aromatic N) is 2. The van der Waals surface area contributed by atoms with Crippen LogP contribution in [-0.4, -0.2) is 15.0 Å². The van der Waals surface area contributed by atoms with Gasteiger partial charge in [-0.2, -0.15) is 0 Å². The predicted molar refractivity (Wildman–Crippen MR) is 57.6 cm³/mol. The molecule has 0 spiro atoms. The molecule has 0 saturated carbocycles. The largest absolute Gasteiger partial charge is 0.313 e. The molecule has 4 nitrogen and oxygen atoms in total. The van der Waals surface area contributed by atoms with Crippen molar-refractivity contribution in [3.05, 3.63) is 46.3 Å². The molecule has 0 unspecified atom stereocenters. The van der Waals surface area contributed by atoms with E-state index in [1.165, 1.54) is 6.33 Å². The number of nitrogens with one attached hydrogen (secondary N) is 1. The molecule has 0 bridgehead atoms. The minimum Gasteiger partial charge on any atom is -0.313 e. The Labute approximate surface area is 87.0 Å². The van der Waals surface area contributed by atoms with Crippen molar-refractivity contribution in [2.45, 2.75) is 13.8 Å². The quantitative estimate of drug-likeness (QED) is 0.759. The summed E-state index contributed by atoms with van der Waals surface area (Å²) < 4.78 is 0. The van der Waals surface area contributed by atoms with Gasteiger partial charge < -0.3 is 4.98 Å². The highest BCUT2D eigenvalue weighted by molar-refractivity contribution is 5.61. The maximum Gasteiger partial charge on any atom is 0.254 e. The van der Waals surface area contributed by atoms with Crippen LogP contribution in [0.25, 0.3) is 11.3 Å². The van der Waals surface area contributed by atoms with E-state index in [9.17, 15) is 4.79 Å². The van der Waals surface area contributed by atoms with Crippen molar-refractivity contribution in [1.82, 2.24) is 15.0 Å². The van der Waals surface area contributed by atoms with E-state index in [0.29, 0.717) is 11.3 Å². The highest BCUT2D eigenvalue weighted by Gasteiger charge is 2.06. The second-order valence-corrected chi connectivity index (χ2v) is 3.46. The number of hydrogen-bond donors (Lipinski definition) is 1. The van der Waals surface area contributed by atoms with E-state index in [4.69, 9.17) is 0 Å². The summed E-state index contributed by atoms with van der Waals surface area (Å²) in [5, 5.41) is 0. The van der Waals surface area contributed by atoms with Crippen molar-refractivity contribution in [2.75, 3.05) is 0 Å². The molecular formula is C11H11N3O. The summed E-state index contributed by atoms with van der Waals surface area (Å²) in [6.45, 7) is 3.71. The molecule has 2 heterocycles. The normalized spacial score (nSPS) is 10.3. The first kappa shape index (κ1) is 9.58. The number of pyridine rings is 1. The van der Waals surface area contributed by atoms with Gasteiger partial charge in [0.15, 0.2) is 0 Å². The van der Waals surface area contributed by atoms with Gasteiger partial charge >= 0.3 is 0 Å². The van der Waals surface area contributed by atoms with Crippen molar-refractivity contribution in [3.8, 4) is 11.3 Å². The number of H-pyrrole nitrogens is 1. The third kappa shape index (κ3) is 1.79. The average molecular weight is 201 g/mol. The molecule has 76 valence electrons. The molecule has 0 saturated heterocycles. The summed E-state index contributed by atoms with van der Waals surface area (Å²) in [5.74, 6) is 0. The van der Waals surface area contributed by atoms with Crippen LogP contribution in [0, 0.1) is 13.8 Å². The zero-order valence-electron chi connectivity index (χ0n) is 8.61. The van der Waals surface area contributed by atoms with E-state index in [0.717, 1.165) is 11.1 Å². The molecule has 0 radical (unpaired) electrons. The van der Waals surface area contributed by atoms with Crippen LogP contribution in [0.4, 0.5) is 0 Å². The maximum atomic E-state index is 11.4. The molecule has 0 aromatic carbocycles. The average Bonchev–Trinajstić information content (AvgIpc) is 2.22. The minimum atomic E-state index is -0.110. The molecule has 4 heteroatoms. The van der Waals surface area contributed by atoms with Crippen molar-refractivity contribution >= 4 is 0 Å². The smallest absolute Gasteiger partial charge is 0.254 e. The van der Waals surface area contributed by atoms with Crippen molar-refractivity contribution < 1.29 is 0 Å². The fourth-order valence-corrected chi connectivity index (χ4v) is 1.44. The Bertz CT molecular complexity index is 546. The lowest BCUT2D eigenvalue weighted by Crippen LogP contribution is -2.11. The van der Waals surface area contributed by atoms with Crippen LogP contribution in [0.15, 0.2) is 29.6 Å². The number of hydrogen-bond acceptors (Lipinski definition) is 3. The number of aromatic nitrogens is 3. The first-order chi connectivity index (χ1) is 7.18. The van der Waals surface area contributed by atoms with Gasteiger partial charge in [0.2, 0.25) is 0 Å². The molecule has 0 aliphatic heterocycles. The highest BCUT2D eigenvalue weighted by atomic mass is 16.1. The highest BCUT2D eigenvalue weighted by Crippen LogP contribution is 2.17. The third-order valence-corrected chi connectivity index (χ3v) is 2.23. The van der Waals surface area contributed by atoms with Gasteiger partial charge in [0, 0.05) is 23.5 Å². The summed E-state index contributed by atoms with van der Waals surface area (Å²) in [5.41, 5.74) is 3.12. The number of rotatable bonds is 1. The molecule has 0 aliphatic rings. The van der Waals surface area contributed by atoms with Gasteiger partial charge in [-0.1, -0.05) is 0 Å². The predicted octanol–water partition coefficient (Wildman–Crippen LogP) is 1.45. The molecule has 2 rings (SSSR count). The zero-order valence-corrected chi connectivity index (χ0v) is 8.61. The molecule has 2 aromatic heterocycles. The SMILES string of the molecule is Cc1cncc(-c2nc[nH]c(=O)c2C)c1. The number of aromatic amines is 1. The fourth-order valence-electron chi connectivity index (χ4n) is 1.44. The third-order valence-electron chi connectivity index (χ3n) is 2.23. The fraction of sp³-hybridized carbons (Fsp3) is 0.182. The van der Waals surface area contributed by atoms with Crippen LogP contribution in [0.3, 0.4) is 0 Å². The minimum absolute atomic E-state index is 0.110. The Kier molecular flexibility index (Phi) is 2.33. The summed E-state index contributed by atoms with van der Waals surface area (Å²) in [6.07, 6.45) is 4.89. The Morgan fingerprint density at radius 1 is 1.27 bits per heavy atom. The van der Waals surface area contributed by atoms with E-state index in [2.05, 4.69) is 15.0 Å². The van der Waals surface area contributed by atoms with Gasteiger partial charge in [-0.05, 0) is 25.5 Å². The van der Waals surface area contributed by atoms with Gasteiger partial charge in [0.25, 0.3) is 5.56 Å². The lowest BCUT2D eigenvalue weighted by atomic mass is 10.1. The van der Waals surface area contributed by atoms with Gasteiger partial charge in [-0.3, -0.25) is 9.78 Å². The van der Waals surface area contributed by atoms with Crippen LogP contribution < -0.4 is 5.56 Å². The molecule has 15 heavy (non-hydrogen) atoms. The maximum absolute atomic E-state index is 11.4. The topological polar surface area (TPSA) is 58.6 Å². The lowest BCUT2D eigenvalue weighted by Gasteiger charge is -2.03. The number of aryl methyl sites for hydroxylation is 1. The summed E-state index contributed by atoms with van der Waals surface area (Å²) in [6, 6.07) is 1.96. The van der Waals surface area contributed by atoms with Gasteiger partial charge in [-0.25, -0.2) is 4.98 Å². The zero-order chi connectivity index (χ0) is 10.8. The Morgan fingerprint density at radius 3 is 2.80 bits per heavy atom. The van der Waals surface area contributed by atoms with Crippen LogP contribution >= 0.6 is 0 Å². The molecule has 0 atom stereocenters. The van der Waals surface area contributed by atoms with Crippen molar-refractivity contribution in [3.63, 3.8) is 0 Å². The molecule has 0 aliphatic carbocycles. The van der Waals surface area contributed by atoms with E-state index in [-0.39, 0.29) is 5.56 Å². The summed E-state index contributed by atoms with van der Waals surface area (Å²) in [4.78, 5) is 22.2. The monoisotopic (exact) mass is 201 g/mol.